The molecule has 0 amide bonds. The van der Waals surface area contributed by atoms with Crippen molar-refractivity contribution in [1.82, 2.24) is 25.3 Å². The summed E-state index contributed by atoms with van der Waals surface area (Å²) in [5.41, 5.74) is 2.13. The van der Waals surface area contributed by atoms with Crippen LogP contribution in [0.4, 0.5) is 29.2 Å². The summed E-state index contributed by atoms with van der Waals surface area (Å²) in [5.74, 6) is 3.03. The fourth-order valence-electron chi connectivity index (χ4n) is 5.43. The van der Waals surface area contributed by atoms with Gasteiger partial charge in [0.2, 0.25) is 23.4 Å². The highest BCUT2D eigenvalue weighted by Crippen LogP contribution is 2.29. The molecular formula is C30H40N10O4. The lowest BCUT2D eigenvalue weighted by atomic mass is 9.86. The zero-order chi connectivity index (χ0) is 30.7. The SMILES string of the molecule is COc1cccc(CNc2nc(NCCCCCCNc3ccc([N+](=O)[O-])c4nonc34)nc(NC3CCCCC3C)n2)c1. The van der Waals surface area contributed by atoms with Crippen LogP contribution in [0.1, 0.15) is 63.9 Å². The molecule has 44 heavy (non-hydrogen) atoms. The molecule has 0 aliphatic heterocycles. The smallest absolute Gasteiger partial charge is 0.300 e. The number of hydrogen-bond acceptors (Lipinski definition) is 13. The van der Waals surface area contributed by atoms with Crippen molar-refractivity contribution in [3.05, 3.63) is 52.1 Å². The van der Waals surface area contributed by atoms with Crippen LogP contribution in [0.25, 0.3) is 11.0 Å². The fraction of sp³-hybridized carbons (Fsp3) is 0.500. The minimum Gasteiger partial charge on any atom is -0.497 e. The van der Waals surface area contributed by atoms with Gasteiger partial charge in [0.1, 0.15) is 5.75 Å². The maximum absolute atomic E-state index is 11.2. The molecule has 2 aromatic heterocycles. The van der Waals surface area contributed by atoms with Gasteiger partial charge in [0, 0.05) is 31.7 Å². The predicted octanol–water partition coefficient (Wildman–Crippen LogP) is 6.01. The number of nitro groups is 1. The second kappa shape index (κ2) is 15.1. The number of nitrogens with one attached hydrogen (secondary N) is 4. The molecule has 0 spiro atoms. The van der Waals surface area contributed by atoms with E-state index in [0.29, 0.717) is 54.1 Å². The van der Waals surface area contributed by atoms with Gasteiger partial charge in [-0.1, -0.05) is 44.7 Å². The van der Waals surface area contributed by atoms with Crippen molar-refractivity contribution in [3.8, 4) is 5.75 Å². The lowest BCUT2D eigenvalue weighted by Crippen LogP contribution is -2.31. The van der Waals surface area contributed by atoms with Crippen LogP contribution >= 0.6 is 0 Å². The molecule has 234 valence electrons. The Kier molecular flexibility index (Phi) is 10.5. The highest BCUT2D eigenvalue weighted by Gasteiger charge is 2.22. The molecule has 2 atom stereocenters. The molecule has 1 saturated carbocycles. The Labute approximate surface area is 255 Å². The van der Waals surface area contributed by atoms with Crippen molar-refractivity contribution in [2.75, 3.05) is 41.5 Å². The van der Waals surface area contributed by atoms with Crippen molar-refractivity contribution in [3.63, 3.8) is 0 Å². The molecule has 1 fully saturated rings. The summed E-state index contributed by atoms with van der Waals surface area (Å²) in [6.07, 6.45) is 8.72. The molecule has 14 heteroatoms. The van der Waals surface area contributed by atoms with Crippen molar-refractivity contribution < 1.29 is 14.3 Å². The van der Waals surface area contributed by atoms with Gasteiger partial charge in [-0.15, -0.1) is 0 Å². The van der Waals surface area contributed by atoms with Crippen molar-refractivity contribution in [1.29, 1.82) is 0 Å². The second-order valence-corrected chi connectivity index (χ2v) is 11.1. The van der Waals surface area contributed by atoms with Crippen molar-refractivity contribution in [2.24, 2.45) is 5.92 Å². The van der Waals surface area contributed by atoms with Gasteiger partial charge in [-0.3, -0.25) is 10.1 Å². The number of methoxy groups -OCH3 is 1. The van der Waals surface area contributed by atoms with E-state index in [9.17, 15) is 10.1 Å². The number of ether oxygens (including phenoxy) is 1. The first kappa shape index (κ1) is 30.7. The average molecular weight is 605 g/mol. The Bertz CT molecular complexity index is 1530. The van der Waals surface area contributed by atoms with Gasteiger partial charge >= 0.3 is 5.69 Å². The van der Waals surface area contributed by atoms with E-state index in [1.807, 2.05) is 24.3 Å². The Morgan fingerprint density at radius 3 is 2.41 bits per heavy atom. The molecule has 4 N–H and O–H groups in total. The number of non-ortho nitro benzene ring substituents is 1. The first-order valence-corrected chi connectivity index (χ1v) is 15.3. The number of rotatable bonds is 16. The molecule has 2 heterocycles. The highest BCUT2D eigenvalue weighted by molar-refractivity contribution is 5.93. The number of unbranched alkanes of at least 4 members (excludes halogenated alkanes) is 3. The average Bonchev–Trinajstić information content (AvgIpc) is 3.53. The maximum Gasteiger partial charge on any atom is 0.300 e. The summed E-state index contributed by atoms with van der Waals surface area (Å²) in [4.78, 5) is 24.7. The quantitative estimate of drug-likeness (QED) is 0.0664. The summed E-state index contributed by atoms with van der Waals surface area (Å²) >= 11 is 0. The van der Waals surface area contributed by atoms with Crippen LogP contribution in [0.15, 0.2) is 41.0 Å². The Morgan fingerprint density at radius 1 is 0.909 bits per heavy atom. The molecule has 1 aliphatic rings. The third kappa shape index (κ3) is 8.20. The minimum absolute atomic E-state index is 0.122. The van der Waals surface area contributed by atoms with E-state index < -0.39 is 4.92 Å². The van der Waals surface area contributed by atoms with Crippen LogP contribution in [-0.4, -0.2) is 56.4 Å². The fourth-order valence-corrected chi connectivity index (χ4v) is 5.43. The molecule has 4 aromatic rings. The molecule has 14 nitrogen and oxygen atoms in total. The normalized spacial score (nSPS) is 16.4. The Hall–Kier alpha value is -4.75. The molecule has 2 unspecified atom stereocenters. The molecule has 1 aliphatic carbocycles. The van der Waals surface area contributed by atoms with Gasteiger partial charge in [-0.2, -0.15) is 15.0 Å². The van der Waals surface area contributed by atoms with E-state index in [-0.39, 0.29) is 11.2 Å². The lowest BCUT2D eigenvalue weighted by Gasteiger charge is -2.29. The van der Waals surface area contributed by atoms with Gasteiger partial charge < -0.3 is 26.0 Å². The summed E-state index contributed by atoms with van der Waals surface area (Å²) in [6, 6.07) is 11.3. The second-order valence-electron chi connectivity index (χ2n) is 11.1. The number of anilines is 4. The zero-order valence-corrected chi connectivity index (χ0v) is 25.2. The highest BCUT2D eigenvalue weighted by atomic mass is 16.6. The molecule has 0 radical (unpaired) electrons. The van der Waals surface area contributed by atoms with Crippen LogP contribution in [0.2, 0.25) is 0 Å². The van der Waals surface area contributed by atoms with E-state index in [1.54, 1.807) is 13.2 Å². The molecule has 0 bridgehead atoms. The number of benzene rings is 2. The number of fused-ring (bicyclic) bond motifs is 1. The topological polar surface area (TPSA) is 178 Å². The number of aromatic nitrogens is 5. The van der Waals surface area contributed by atoms with Gasteiger partial charge in [0.15, 0.2) is 5.52 Å². The van der Waals surface area contributed by atoms with Crippen LogP contribution in [0, 0.1) is 16.0 Å². The Balaban J connectivity index is 1.10. The van der Waals surface area contributed by atoms with Crippen LogP contribution in [-0.2, 0) is 6.54 Å². The predicted molar refractivity (Wildman–Crippen MR) is 169 cm³/mol. The van der Waals surface area contributed by atoms with E-state index in [4.69, 9.17) is 9.37 Å². The van der Waals surface area contributed by atoms with Gasteiger partial charge in [0.05, 0.1) is 17.7 Å². The van der Waals surface area contributed by atoms with Crippen LogP contribution in [0.5, 0.6) is 5.75 Å². The van der Waals surface area contributed by atoms with Gasteiger partial charge in [-0.05, 0) is 65.7 Å². The summed E-state index contributed by atoms with van der Waals surface area (Å²) in [6.45, 7) is 4.29. The standard InChI is InChI=1S/C30H40N10O4/c1-20-10-5-6-13-23(20)34-30-36-28(35-29(37-30)33-19-21-11-9-12-22(18-21)43-2)32-17-8-4-3-7-16-31-24-14-15-25(40(41)42)27-26(24)38-44-39-27/h9,11-12,14-15,18,20,23,31H,3-8,10,13,16-17,19H2,1-2H3,(H3,32,33,34,35,36,37). The third-order valence-corrected chi connectivity index (χ3v) is 7.94. The summed E-state index contributed by atoms with van der Waals surface area (Å²) in [7, 11) is 1.66. The summed E-state index contributed by atoms with van der Waals surface area (Å²) in [5, 5.41) is 32.3. The van der Waals surface area contributed by atoms with Gasteiger partial charge in [0.25, 0.3) is 0 Å². The Morgan fingerprint density at radius 2 is 1.64 bits per heavy atom. The van der Waals surface area contributed by atoms with E-state index >= 15 is 0 Å². The van der Waals surface area contributed by atoms with Crippen molar-refractivity contribution in [2.45, 2.75) is 70.9 Å². The maximum atomic E-state index is 11.2. The number of hydrogen-bond donors (Lipinski definition) is 4. The largest absolute Gasteiger partial charge is 0.497 e. The third-order valence-electron chi connectivity index (χ3n) is 7.94. The van der Waals surface area contributed by atoms with E-state index in [0.717, 1.165) is 50.0 Å². The molecule has 2 aromatic carbocycles. The molecule has 0 saturated heterocycles. The number of nitrogens with zero attached hydrogens (tertiary/aromatic N) is 6. The van der Waals surface area contributed by atoms with Gasteiger partial charge in [-0.25, -0.2) is 4.63 Å². The zero-order valence-electron chi connectivity index (χ0n) is 25.2. The first-order chi connectivity index (χ1) is 21.5. The van der Waals surface area contributed by atoms with Crippen LogP contribution < -0.4 is 26.0 Å². The first-order valence-electron chi connectivity index (χ1n) is 15.3. The van der Waals surface area contributed by atoms with Crippen LogP contribution in [0.3, 0.4) is 0 Å². The minimum atomic E-state index is -0.490. The lowest BCUT2D eigenvalue weighted by molar-refractivity contribution is -0.383. The monoisotopic (exact) mass is 604 g/mol. The number of nitro benzene ring substituents is 1. The van der Waals surface area contributed by atoms with E-state index in [2.05, 4.69) is 53.5 Å². The molecular weight excluding hydrogens is 564 g/mol. The summed E-state index contributed by atoms with van der Waals surface area (Å²) < 4.78 is 10.1. The van der Waals surface area contributed by atoms with E-state index in [1.165, 1.54) is 25.3 Å². The van der Waals surface area contributed by atoms with Crippen molar-refractivity contribution >= 4 is 40.3 Å². The molecule has 5 rings (SSSR count).